The van der Waals surface area contributed by atoms with Gasteiger partial charge in [0.25, 0.3) is 0 Å². The summed E-state index contributed by atoms with van der Waals surface area (Å²) in [6, 6.07) is 0. The van der Waals surface area contributed by atoms with Crippen LogP contribution in [0, 0.1) is 0 Å². The van der Waals surface area contributed by atoms with E-state index < -0.39 is 0 Å². The Hall–Kier alpha value is 2.85. The summed E-state index contributed by atoms with van der Waals surface area (Å²) in [4.78, 5) is 0. The molecule has 0 aliphatic heterocycles. The minimum atomic E-state index is -0.0625. The van der Waals surface area contributed by atoms with Crippen molar-refractivity contribution in [3.05, 3.63) is 0 Å². The molecule has 28 heavy (non-hydrogen) atoms. The zero-order valence-electron chi connectivity index (χ0n) is 23.0. The quantitative estimate of drug-likeness (QED) is 0.218. The van der Waals surface area contributed by atoms with E-state index in [1.165, 1.54) is 0 Å². The average Bonchev–Trinajstić information content (AvgIpc) is 1.95. The summed E-state index contributed by atoms with van der Waals surface area (Å²) in [5, 5.41) is 0. The molecular formula is C24H54Ga2Te2. The molecule has 0 bridgehead atoms. The summed E-state index contributed by atoms with van der Waals surface area (Å²) in [6.07, 6.45) is 0. The van der Waals surface area contributed by atoms with E-state index in [9.17, 15) is 0 Å². The molecule has 4 radical (unpaired) electrons. The Balaban J connectivity index is -0.000000143. The van der Waals surface area contributed by atoms with E-state index in [0.29, 0.717) is 22.8 Å². The van der Waals surface area contributed by atoms with E-state index in [2.05, 4.69) is 169 Å². The summed E-state index contributed by atoms with van der Waals surface area (Å²) in [5.74, 6) is 0. The topological polar surface area (TPSA) is 0 Å². The molecule has 168 valence electrons. The van der Waals surface area contributed by atoms with Gasteiger partial charge in [-0.25, -0.2) is 0 Å². The van der Waals surface area contributed by atoms with Crippen LogP contribution in [0.2, 0.25) is 22.8 Å². The van der Waals surface area contributed by atoms with E-state index in [4.69, 9.17) is 0 Å². The first kappa shape index (κ1) is 38.1. The molecule has 0 saturated heterocycles. The molecule has 0 aliphatic carbocycles. The molecular weight excluding hydrogens is 683 g/mol. The van der Waals surface area contributed by atoms with Crippen LogP contribution in [0.3, 0.4) is 0 Å². The Morgan fingerprint density at radius 1 is 0.321 bits per heavy atom. The summed E-state index contributed by atoms with van der Waals surface area (Å²) >= 11 is 4.12. The Labute approximate surface area is 224 Å². The molecule has 0 aliphatic rings. The monoisotopic (exact) mass is 740 g/mol. The second-order valence-electron chi connectivity index (χ2n) is 14.0. The van der Waals surface area contributed by atoms with Crippen molar-refractivity contribution < 1.29 is 0 Å². The van der Waals surface area contributed by atoms with Crippen LogP contribution in [0.5, 0.6) is 0 Å². The number of rotatable bonds is 0. The van der Waals surface area contributed by atoms with Gasteiger partial charge in [-0.1, -0.05) is 0 Å². The van der Waals surface area contributed by atoms with Crippen molar-refractivity contribution in [1.29, 1.82) is 0 Å². The molecule has 0 heterocycles. The summed E-state index contributed by atoms with van der Waals surface area (Å²) < 4.78 is 3.58. The molecule has 0 fully saturated rings. The van der Waals surface area contributed by atoms with E-state index in [0.717, 1.165) is 0 Å². The van der Waals surface area contributed by atoms with Crippen LogP contribution in [0.1, 0.15) is 125 Å². The van der Waals surface area contributed by atoms with Crippen LogP contribution in [-0.2, 0) is 0 Å². The van der Waals surface area contributed by atoms with Crippen LogP contribution >= 0.6 is 0 Å². The second-order valence-corrected chi connectivity index (χ2v) is 36.7. The molecule has 0 unspecified atom stereocenters. The van der Waals surface area contributed by atoms with Crippen molar-refractivity contribution in [2.75, 3.05) is 0 Å². The van der Waals surface area contributed by atoms with E-state index >= 15 is 0 Å². The fourth-order valence-corrected chi connectivity index (χ4v) is 13.5. The molecule has 0 atom stereocenters. The summed E-state index contributed by atoms with van der Waals surface area (Å²) in [5.41, 5.74) is 0. The van der Waals surface area contributed by atoms with Crippen molar-refractivity contribution >= 4 is 79.4 Å². The first-order valence-corrected chi connectivity index (χ1v) is 17.7. The summed E-state index contributed by atoms with van der Waals surface area (Å²) in [7, 11) is 0. The molecule has 0 N–H and O–H groups in total. The van der Waals surface area contributed by atoms with Crippen LogP contribution in [0.15, 0.2) is 0 Å². The van der Waals surface area contributed by atoms with Crippen molar-refractivity contribution in [2.45, 2.75) is 147 Å². The third kappa shape index (κ3) is 101. The maximum absolute atomic E-state index is 2.36. The number of hydrogen-bond acceptors (Lipinski definition) is 0. The van der Waals surface area contributed by atoms with Gasteiger partial charge >= 0.3 is 227 Å². The fourth-order valence-electron chi connectivity index (χ4n) is 2.60. The van der Waals surface area contributed by atoms with E-state index in [-0.39, 0.29) is 34.8 Å². The molecule has 0 spiro atoms. The average molecular weight is 737 g/mol. The van der Waals surface area contributed by atoms with Gasteiger partial charge in [0.2, 0.25) is 0 Å². The molecule has 0 aromatic rings. The van der Waals surface area contributed by atoms with Crippen LogP contribution in [0.25, 0.3) is 0 Å². The third-order valence-electron chi connectivity index (χ3n) is 1.73. The Morgan fingerprint density at radius 3 is 0.393 bits per heavy atom. The van der Waals surface area contributed by atoms with Gasteiger partial charge in [-0.3, -0.25) is 0 Å². The van der Waals surface area contributed by atoms with Crippen molar-refractivity contribution in [3.63, 3.8) is 0 Å². The predicted octanol–water partition coefficient (Wildman–Crippen LogP) is 9.00. The van der Waals surface area contributed by atoms with E-state index in [1.54, 1.807) is 0 Å². The molecule has 0 rings (SSSR count). The Kier molecular flexibility index (Phi) is 20.3. The zero-order chi connectivity index (χ0) is 24.4. The van der Waals surface area contributed by atoms with Crippen LogP contribution in [-0.4, -0.2) is 79.4 Å². The zero-order valence-corrected chi connectivity index (χ0v) is 32.5. The van der Waals surface area contributed by atoms with Gasteiger partial charge in [0.1, 0.15) is 0 Å². The van der Waals surface area contributed by atoms with Gasteiger partial charge in [0.15, 0.2) is 0 Å². The SMILES string of the molecule is CC(C)(C)[Te].CC(C)(C)[Te].C[C](C)(C)[Ga][C](C)(C)C.C[C](C)(C)[Ga][C](C)(C)C. The van der Waals surface area contributed by atoms with Crippen molar-refractivity contribution in [3.8, 4) is 0 Å². The van der Waals surface area contributed by atoms with Gasteiger partial charge in [-0.2, -0.15) is 0 Å². The van der Waals surface area contributed by atoms with Gasteiger partial charge < -0.3 is 0 Å². The van der Waals surface area contributed by atoms with E-state index in [1.807, 2.05) is 0 Å². The maximum atomic E-state index is 2.36. The minimum absolute atomic E-state index is 0.0625. The van der Waals surface area contributed by atoms with Gasteiger partial charge in [0, 0.05) is 0 Å². The number of hydrogen-bond donors (Lipinski definition) is 0. The molecule has 0 aromatic carbocycles. The normalized spacial score (nSPS) is 13.0. The predicted molar refractivity (Wildman–Crippen MR) is 141 cm³/mol. The van der Waals surface area contributed by atoms with Crippen molar-refractivity contribution in [1.82, 2.24) is 0 Å². The standard InChI is InChI=1S/2C4H9Te.4C4H9.2Ga/c2*1-4(2,3)5;4*1-4(2)3;;/h2*1-3H3;4*1-3H3;;. The summed E-state index contributed by atoms with van der Waals surface area (Å²) in [6.45, 7) is 41.5. The first-order valence-electron chi connectivity index (χ1n) is 10.6. The van der Waals surface area contributed by atoms with Crippen LogP contribution in [0.4, 0.5) is 0 Å². The third-order valence-corrected chi connectivity index (χ3v) is 9.00. The fraction of sp³-hybridized carbons (Fsp3) is 1.00. The van der Waals surface area contributed by atoms with Gasteiger partial charge in [-0.05, 0) is 0 Å². The first-order chi connectivity index (χ1) is 11.4. The second kappa shape index (κ2) is 14.9. The molecule has 0 aromatic heterocycles. The van der Waals surface area contributed by atoms with Crippen LogP contribution < -0.4 is 0 Å². The Bertz CT molecular complexity index is 288. The molecule has 0 amide bonds. The molecule has 0 saturated carbocycles. The van der Waals surface area contributed by atoms with Gasteiger partial charge in [-0.15, -0.1) is 0 Å². The Morgan fingerprint density at radius 2 is 0.393 bits per heavy atom. The molecule has 4 heteroatoms. The molecule has 0 nitrogen and oxygen atoms in total. The van der Waals surface area contributed by atoms with Gasteiger partial charge in [0.05, 0.1) is 0 Å². The van der Waals surface area contributed by atoms with Crippen molar-refractivity contribution in [2.24, 2.45) is 0 Å².